The molecule has 0 bridgehead atoms. The van der Waals surface area contributed by atoms with Crippen molar-refractivity contribution >= 4 is 5.69 Å². The topological polar surface area (TPSA) is 137 Å². The summed E-state index contributed by atoms with van der Waals surface area (Å²) in [5.41, 5.74) is -4.35. The fourth-order valence-electron chi connectivity index (χ4n) is 3.44. The van der Waals surface area contributed by atoms with Crippen LogP contribution in [0.3, 0.4) is 0 Å². The number of hydrogen-bond acceptors (Lipinski definition) is 7. The molecule has 0 radical (unpaired) electrons. The predicted molar refractivity (Wildman–Crippen MR) is 107 cm³/mol. The highest BCUT2D eigenvalue weighted by Gasteiger charge is 2.49. The van der Waals surface area contributed by atoms with Crippen LogP contribution in [-0.2, 0) is 6.18 Å². The Bertz CT molecular complexity index is 1430. The molecule has 16 heteroatoms. The zero-order valence-electron chi connectivity index (χ0n) is 17.3. The van der Waals surface area contributed by atoms with Gasteiger partial charge in [0.15, 0.2) is 5.82 Å². The maximum atomic E-state index is 14.6. The highest BCUT2D eigenvalue weighted by Crippen LogP contribution is 2.36. The quantitative estimate of drug-likeness (QED) is 0.448. The number of aromatic nitrogens is 5. The summed E-state index contributed by atoms with van der Waals surface area (Å²) in [6.45, 7) is -2.21. The van der Waals surface area contributed by atoms with Gasteiger partial charge in [-0.05, 0) is 12.1 Å². The summed E-state index contributed by atoms with van der Waals surface area (Å²) in [5, 5.41) is 5.78. The second kappa shape index (κ2) is 8.59. The van der Waals surface area contributed by atoms with E-state index >= 15 is 0 Å². The summed E-state index contributed by atoms with van der Waals surface area (Å²) in [4.78, 5) is 43.8. The summed E-state index contributed by atoms with van der Waals surface area (Å²) in [6, 6.07) is 1.22. The van der Waals surface area contributed by atoms with Crippen LogP contribution in [0, 0.1) is 11.7 Å². The first kappa shape index (κ1) is 24.0. The highest BCUT2D eigenvalue weighted by molar-refractivity contribution is 5.62. The molecule has 1 aliphatic heterocycles. The molecule has 1 aliphatic rings. The molecule has 1 atom stereocenters. The van der Waals surface area contributed by atoms with Crippen LogP contribution >= 0.6 is 0 Å². The molecule has 3 N–H and O–H groups in total. The lowest BCUT2D eigenvalue weighted by Gasteiger charge is -2.17. The van der Waals surface area contributed by atoms with Gasteiger partial charge in [0.1, 0.15) is 12.3 Å². The summed E-state index contributed by atoms with van der Waals surface area (Å²) in [7, 11) is 0. The fraction of sp³-hybridized carbons (Fsp3) is 0.316. The molecule has 0 aliphatic carbocycles. The Labute approximate surface area is 189 Å². The van der Waals surface area contributed by atoms with Gasteiger partial charge in [0.05, 0.1) is 29.3 Å². The summed E-state index contributed by atoms with van der Waals surface area (Å²) in [6.07, 6.45) is -3.50. The Morgan fingerprint density at radius 3 is 2.57 bits per heavy atom. The van der Waals surface area contributed by atoms with Gasteiger partial charge in [-0.2, -0.15) is 18.3 Å². The molecule has 1 unspecified atom stereocenters. The van der Waals surface area contributed by atoms with Crippen LogP contribution in [-0.4, -0.2) is 50.8 Å². The maximum Gasteiger partial charge on any atom is 0.417 e. The summed E-state index contributed by atoms with van der Waals surface area (Å²) < 4.78 is 86.0. The van der Waals surface area contributed by atoms with Crippen molar-refractivity contribution in [2.45, 2.75) is 12.1 Å². The van der Waals surface area contributed by atoms with Crippen molar-refractivity contribution in [3.05, 3.63) is 67.1 Å². The molecule has 1 fully saturated rings. The van der Waals surface area contributed by atoms with Gasteiger partial charge in [0.25, 0.3) is 17.0 Å². The van der Waals surface area contributed by atoms with Crippen molar-refractivity contribution in [3.63, 3.8) is 0 Å². The number of alkyl halides is 5. The Morgan fingerprint density at radius 2 is 1.91 bits per heavy atom. The monoisotopic (exact) mass is 504 g/mol. The number of hydrogen-bond donors (Lipinski definition) is 3. The Kier molecular flexibility index (Phi) is 5.90. The first-order valence-electron chi connectivity index (χ1n) is 9.75. The van der Waals surface area contributed by atoms with Crippen LogP contribution in [0.25, 0.3) is 11.3 Å². The Hall–Kier alpha value is -4.11. The molecule has 3 aromatic heterocycles. The standard InChI is InChI=1S/C19H14F6N6O4/c20-11-1-8(19(23,24)25)3-26-16(11)35-6-9-5-31(7-18(9,21)22)13-2-12(29-30-15(13)33)10-4-27-17(34)28-14(10)32/h1-4,9H,5-7H2,(H,30,33)(H2,27,28,32,34). The summed E-state index contributed by atoms with van der Waals surface area (Å²) >= 11 is 0. The molecule has 186 valence electrons. The van der Waals surface area contributed by atoms with E-state index in [9.17, 15) is 40.7 Å². The third-order valence-corrected chi connectivity index (χ3v) is 5.22. The van der Waals surface area contributed by atoms with Crippen molar-refractivity contribution in [2.75, 3.05) is 24.6 Å². The van der Waals surface area contributed by atoms with Gasteiger partial charge in [-0.3, -0.25) is 14.6 Å². The minimum Gasteiger partial charge on any atom is -0.475 e. The molecule has 0 spiro atoms. The van der Waals surface area contributed by atoms with E-state index in [2.05, 4.69) is 20.2 Å². The number of halogens is 6. The van der Waals surface area contributed by atoms with E-state index in [1.807, 2.05) is 4.98 Å². The molecule has 1 saturated heterocycles. The molecule has 10 nitrogen and oxygen atoms in total. The first-order valence-corrected chi connectivity index (χ1v) is 9.75. The molecule has 3 aromatic rings. The molecule has 4 heterocycles. The van der Waals surface area contributed by atoms with Gasteiger partial charge in [0, 0.05) is 18.9 Å². The van der Waals surface area contributed by atoms with Crippen molar-refractivity contribution in [1.82, 2.24) is 25.1 Å². The SMILES string of the molecule is O=c1[nH]cc(-c2cc(N3CC(COc4ncc(C(F)(F)F)cc4F)C(F)(F)C3)c(=O)[nH]n2)c(=O)[nH]1. The van der Waals surface area contributed by atoms with Crippen LogP contribution < -0.4 is 26.4 Å². The van der Waals surface area contributed by atoms with Crippen LogP contribution in [0.15, 0.2) is 38.9 Å². The predicted octanol–water partition coefficient (Wildman–Crippen LogP) is 1.52. The van der Waals surface area contributed by atoms with Crippen LogP contribution in [0.1, 0.15) is 5.56 Å². The van der Waals surface area contributed by atoms with Crippen LogP contribution in [0.2, 0.25) is 0 Å². The largest absolute Gasteiger partial charge is 0.475 e. The third-order valence-electron chi connectivity index (χ3n) is 5.22. The van der Waals surface area contributed by atoms with E-state index in [4.69, 9.17) is 4.74 Å². The minimum absolute atomic E-state index is 0.115. The van der Waals surface area contributed by atoms with E-state index in [-0.39, 0.29) is 23.0 Å². The molecule has 35 heavy (non-hydrogen) atoms. The van der Waals surface area contributed by atoms with E-state index in [0.29, 0.717) is 6.20 Å². The van der Waals surface area contributed by atoms with Gasteiger partial charge in [-0.15, -0.1) is 0 Å². The van der Waals surface area contributed by atoms with E-state index in [0.717, 1.165) is 17.2 Å². The second-order valence-corrected chi connectivity index (χ2v) is 7.61. The highest BCUT2D eigenvalue weighted by atomic mass is 19.4. The number of aromatic amines is 3. The van der Waals surface area contributed by atoms with E-state index in [1.165, 1.54) is 0 Å². The molecular weight excluding hydrogens is 490 g/mol. The maximum absolute atomic E-state index is 14.6. The lowest BCUT2D eigenvalue weighted by molar-refractivity contribution is -0.138. The number of ether oxygens (including phenoxy) is 1. The van der Waals surface area contributed by atoms with Gasteiger partial charge in [-0.1, -0.05) is 0 Å². The lowest BCUT2D eigenvalue weighted by atomic mass is 10.1. The van der Waals surface area contributed by atoms with Crippen molar-refractivity contribution in [2.24, 2.45) is 5.92 Å². The Morgan fingerprint density at radius 1 is 1.17 bits per heavy atom. The van der Waals surface area contributed by atoms with Crippen molar-refractivity contribution in [1.29, 1.82) is 0 Å². The minimum atomic E-state index is -4.85. The average Bonchev–Trinajstić information content (AvgIpc) is 3.06. The number of nitrogens with one attached hydrogen (secondary N) is 3. The van der Waals surface area contributed by atoms with Crippen molar-refractivity contribution < 1.29 is 31.1 Å². The summed E-state index contributed by atoms with van der Waals surface area (Å²) in [5.74, 6) is -7.38. The van der Waals surface area contributed by atoms with Gasteiger partial charge in [-0.25, -0.2) is 28.0 Å². The number of rotatable bonds is 5. The Balaban J connectivity index is 1.54. The normalized spacial score (nSPS) is 17.5. The third kappa shape index (κ3) is 4.90. The van der Waals surface area contributed by atoms with Crippen LogP contribution in [0.4, 0.5) is 32.0 Å². The second-order valence-electron chi connectivity index (χ2n) is 7.61. The van der Waals surface area contributed by atoms with E-state index in [1.54, 1.807) is 0 Å². The zero-order valence-corrected chi connectivity index (χ0v) is 17.3. The fourth-order valence-corrected chi connectivity index (χ4v) is 3.44. The smallest absolute Gasteiger partial charge is 0.417 e. The zero-order chi connectivity index (χ0) is 25.5. The molecule has 0 amide bonds. The lowest BCUT2D eigenvalue weighted by Crippen LogP contribution is -2.32. The number of H-pyrrole nitrogens is 3. The van der Waals surface area contributed by atoms with Gasteiger partial charge < -0.3 is 14.6 Å². The first-order chi connectivity index (χ1) is 16.3. The molecule has 0 saturated carbocycles. The number of anilines is 1. The van der Waals surface area contributed by atoms with Crippen LogP contribution in [0.5, 0.6) is 5.88 Å². The molecular formula is C19H14F6N6O4. The van der Waals surface area contributed by atoms with Gasteiger partial charge >= 0.3 is 11.9 Å². The molecule has 0 aromatic carbocycles. The van der Waals surface area contributed by atoms with Gasteiger partial charge in [0.2, 0.25) is 5.88 Å². The van der Waals surface area contributed by atoms with Crippen molar-refractivity contribution in [3.8, 4) is 17.1 Å². The number of pyridine rings is 1. The van der Waals surface area contributed by atoms with E-state index < -0.39 is 71.8 Å². The average molecular weight is 504 g/mol. The molecule has 4 rings (SSSR count). The number of nitrogens with zero attached hydrogens (tertiary/aromatic N) is 3.